The number of anilines is 2. The first-order valence-electron chi connectivity index (χ1n) is 8.97. The summed E-state index contributed by atoms with van der Waals surface area (Å²) in [6.45, 7) is 0. The van der Waals surface area contributed by atoms with Crippen molar-refractivity contribution in [1.82, 2.24) is 19.9 Å². The molecule has 0 spiro atoms. The van der Waals surface area contributed by atoms with Gasteiger partial charge < -0.3 is 15.6 Å². The second-order valence-electron chi connectivity index (χ2n) is 6.39. The molecule has 1 aromatic carbocycles. The lowest BCUT2D eigenvalue weighted by Crippen LogP contribution is -2.13. The molecule has 2 amide bonds. The van der Waals surface area contributed by atoms with Crippen molar-refractivity contribution in [2.45, 2.75) is 0 Å². The van der Waals surface area contributed by atoms with E-state index in [1.54, 1.807) is 24.4 Å². The van der Waals surface area contributed by atoms with E-state index in [0.717, 1.165) is 11.1 Å². The number of aromatic nitrogens is 4. The van der Waals surface area contributed by atoms with Crippen LogP contribution < -0.4 is 10.6 Å². The van der Waals surface area contributed by atoms with Gasteiger partial charge in [0.15, 0.2) is 5.82 Å². The molecule has 0 aliphatic carbocycles. The summed E-state index contributed by atoms with van der Waals surface area (Å²) in [5.74, 6) is -0.532. The van der Waals surface area contributed by atoms with Crippen LogP contribution in [0, 0.1) is 0 Å². The normalized spacial score (nSPS) is 10.5. The summed E-state index contributed by atoms with van der Waals surface area (Å²) in [4.78, 5) is 39.7. The molecule has 0 aliphatic heterocycles. The van der Waals surface area contributed by atoms with Gasteiger partial charge in [-0.1, -0.05) is 29.3 Å². The van der Waals surface area contributed by atoms with Gasteiger partial charge in [0.1, 0.15) is 5.69 Å². The number of amides is 2. The van der Waals surface area contributed by atoms with Crippen molar-refractivity contribution in [3.8, 4) is 11.1 Å². The quantitative estimate of drug-likeness (QED) is 0.406. The van der Waals surface area contributed by atoms with Gasteiger partial charge in [0, 0.05) is 30.4 Å². The summed E-state index contributed by atoms with van der Waals surface area (Å²) < 4.78 is 0. The van der Waals surface area contributed by atoms with Crippen LogP contribution in [0.1, 0.15) is 20.8 Å². The molecule has 154 valence electrons. The Morgan fingerprint density at radius 1 is 0.839 bits per heavy atom. The molecule has 8 nitrogen and oxygen atoms in total. The topological polar surface area (TPSA) is 113 Å². The Balaban J connectivity index is 1.46. The van der Waals surface area contributed by atoms with Crippen LogP contribution in [0.4, 0.5) is 11.5 Å². The Morgan fingerprint density at radius 3 is 2.48 bits per heavy atom. The summed E-state index contributed by atoms with van der Waals surface area (Å²) >= 11 is 12.0. The first kappa shape index (κ1) is 20.5. The van der Waals surface area contributed by atoms with Gasteiger partial charge in [-0.2, -0.15) is 0 Å². The van der Waals surface area contributed by atoms with Crippen molar-refractivity contribution >= 4 is 46.5 Å². The lowest BCUT2D eigenvalue weighted by molar-refractivity contribution is 0.102. The van der Waals surface area contributed by atoms with Crippen molar-refractivity contribution in [2.24, 2.45) is 0 Å². The maximum Gasteiger partial charge on any atom is 0.272 e. The molecule has 0 atom stereocenters. The minimum absolute atomic E-state index is 0.212. The van der Waals surface area contributed by atoms with Crippen molar-refractivity contribution in [2.75, 3.05) is 10.6 Å². The van der Waals surface area contributed by atoms with Crippen LogP contribution in [0.25, 0.3) is 11.1 Å². The third-order valence-corrected chi connectivity index (χ3v) is 4.98. The first-order chi connectivity index (χ1) is 15.0. The number of H-pyrrole nitrogens is 1. The van der Waals surface area contributed by atoms with Gasteiger partial charge in [-0.3, -0.25) is 19.6 Å². The van der Waals surface area contributed by atoms with Gasteiger partial charge >= 0.3 is 0 Å². The van der Waals surface area contributed by atoms with Crippen molar-refractivity contribution in [1.29, 1.82) is 0 Å². The fourth-order valence-electron chi connectivity index (χ4n) is 2.75. The molecule has 3 heterocycles. The van der Waals surface area contributed by atoms with Crippen molar-refractivity contribution in [3.63, 3.8) is 0 Å². The van der Waals surface area contributed by atoms with Crippen molar-refractivity contribution < 1.29 is 9.59 Å². The summed E-state index contributed by atoms with van der Waals surface area (Å²) in [5.41, 5.74) is 2.53. The Bertz CT molecular complexity index is 1260. The van der Waals surface area contributed by atoms with E-state index in [1.807, 2.05) is 6.07 Å². The lowest BCUT2D eigenvalue weighted by Gasteiger charge is -2.07. The smallest absolute Gasteiger partial charge is 0.272 e. The lowest BCUT2D eigenvalue weighted by atomic mass is 10.1. The van der Waals surface area contributed by atoms with Gasteiger partial charge in [0.25, 0.3) is 11.8 Å². The Hall–Kier alpha value is -3.75. The minimum atomic E-state index is -0.424. The number of pyridine rings is 1. The predicted octanol–water partition coefficient (Wildman–Crippen LogP) is 4.68. The highest BCUT2D eigenvalue weighted by Gasteiger charge is 2.14. The molecular formula is C21H14Cl2N6O2. The molecule has 10 heteroatoms. The van der Waals surface area contributed by atoms with Crippen LogP contribution in [0.2, 0.25) is 10.0 Å². The van der Waals surface area contributed by atoms with E-state index in [4.69, 9.17) is 23.2 Å². The SMILES string of the molecule is O=C(Nc1cnccn1)c1c[nH]c(C(=O)Nc2cncc(-c3ccc(Cl)c(Cl)c3)c2)c1. The summed E-state index contributed by atoms with van der Waals surface area (Å²) in [6, 6.07) is 8.42. The molecule has 3 aromatic heterocycles. The Labute approximate surface area is 186 Å². The van der Waals surface area contributed by atoms with E-state index in [1.165, 1.54) is 37.1 Å². The molecule has 0 saturated carbocycles. The number of nitrogens with one attached hydrogen (secondary N) is 3. The third-order valence-electron chi connectivity index (χ3n) is 4.24. The number of rotatable bonds is 5. The zero-order valence-corrected chi connectivity index (χ0v) is 17.3. The average molecular weight is 453 g/mol. The number of aromatic amines is 1. The third kappa shape index (κ3) is 4.88. The first-order valence-corrected chi connectivity index (χ1v) is 9.73. The zero-order chi connectivity index (χ0) is 21.8. The summed E-state index contributed by atoms with van der Waals surface area (Å²) in [5, 5.41) is 6.23. The minimum Gasteiger partial charge on any atom is -0.356 e. The molecule has 0 fully saturated rings. The van der Waals surface area contributed by atoms with E-state index in [-0.39, 0.29) is 11.3 Å². The summed E-state index contributed by atoms with van der Waals surface area (Å²) in [7, 11) is 0. The van der Waals surface area contributed by atoms with E-state index in [2.05, 4.69) is 30.6 Å². The van der Waals surface area contributed by atoms with Crippen molar-refractivity contribution in [3.05, 3.63) is 88.8 Å². The molecule has 0 saturated heterocycles. The molecule has 3 N–H and O–H groups in total. The van der Waals surface area contributed by atoms with E-state index < -0.39 is 11.8 Å². The van der Waals surface area contributed by atoms with Gasteiger partial charge in [0.05, 0.1) is 33.7 Å². The van der Waals surface area contributed by atoms with Crippen LogP contribution in [0.5, 0.6) is 0 Å². The highest BCUT2D eigenvalue weighted by Crippen LogP contribution is 2.29. The molecule has 0 bridgehead atoms. The maximum atomic E-state index is 12.6. The van der Waals surface area contributed by atoms with Crippen LogP contribution in [0.15, 0.2) is 67.5 Å². The molecular weight excluding hydrogens is 439 g/mol. The number of nitrogens with zero attached hydrogens (tertiary/aromatic N) is 3. The Morgan fingerprint density at radius 2 is 1.71 bits per heavy atom. The number of carbonyl (C=O) groups excluding carboxylic acids is 2. The number of hydrogen-bond donors (Lipinski definition) is 3. The monoisotopic (exact) mass is 452 g/mol. The van der Waals surface area contributed by atoms with Gasteiger partial charge in [-0.25, -0.2) is 4.98 Å². The average Bonchev–Trinajstić information content (AvgIpc) is 3.27. The van der Waals surface area contributed by atoms with Gasteiger partial charge in [-0.15, -0.1) is 0 Å². The van der Waals surface area contributed by atoms with E-state index >= 15 is 0 Å². The standard InChI is InChI=1S/C21H14Cl2N6O2/c22-16-2-1-12(6-17(16)23)13-5-15(10-25-8-13)28-21(31)18-7-14(9-27-18)20(30)29-19-11-24-3-4-26-19/h1-11,27H,(H,28,31)(H,26,29,30). The number of carbonyl (C=O) groups is 2. The second kappa shape index (κ2) is 8.95. The molecule has 31 heavy (non-hydrogen) atoms. The molecule has 4 aromatic rings. The zero-order valence-electron chi connectivity index (χ0n) is 15.8. The Kier molecular flexibility index (Phi) is 5.92. The van der Waals surface area contributed by atoms with Crippen LogP contribution in [-0.2, 0) is 0 Å². The second-order valence-corrected chi connectivity index (χ2v) is 7.21. The predicted molar refractivity (Wildman–Crippen MR) is 118 cm³/mol. The molecule has 4 rings (SSSR count). The molecule has 0 radical (unpaired) electrons. The molecule has 0 unspecified atom stereocenters. The number of halogens is 2. The number of benzene rings is 1. The molecule has 0 aliphatic rings. The van der Waals surface area contributed by atoms with Gasteiger partial charge in [0.2, 0.25) is 0 Å². The van der Waals surface area contributed by atoms with Crippen LogP contribution in [-0.4, -0.2) is 31.8 Å². The highest BCUT2D eigenvalue weighted by atomic mass is 35.5. The van der Waals surface area contributed by atoms with Crippen LogP contribution >= 0.6 is 23.2 Å². The maximum absolute atomic E-state index is 12.6. The fraction of sp³-hybridized carbons (Fsp3) is 0. The highest BCUT2D eigenvalue weighted by molar-refractivity contribution is 6.42. The summed E-state index contributed by atoms with van der Waals surface area (Å²) in [6.07, 6.45) is 8.99. The largest absolute Gasteiger partial charge is 0.356 e. The number of hydrogen-bond acceptors (Lipinski definition) is 5. The van der Waals surface area contributed by atoms with Gasteiger partial charge in [-0.05, 0) is 29.8 Å². The van der Waals surface area contributed by atoms with E-state index in [0.29, 0.717) is 21.6 Å². The van der Waals surface area contributed by atoms with E-state index in [9.17, 15) is 9.59 Å². The fourth-order valence-corrected chi connectivity index (χ4v) is 3.05. The van der Waals surface area contributed by atoms with Crippen LogP contribution in [0.3, 0.4) is 0 Å².